The predicted molar refractivity (Wildman–Crippen MR) is 43.5 cm³/mol. The monoisotopic (exact) mass is 173 g/mol. The largest absolute Gasteiger partial charge is 0.390 e. The molecule has 1 saturated heterocycles. The van der Waals surface area contributed by atoms with Gasteiger partial charge in [-0.15, -0.1) is 0 Å². The smallest absolute Gasteiger partial charge is 0.225 e. The fraction of sp³-hybridized carbons (Fsp3) is 0.875. The molecule has 1 fully saturated rings. The van der Waals surface area contributed by atoms with E-state index >= 15 is 0 Å². The van der Waals surface area contributed by atoms with Crippen LogP contribution in [0.1, 0.15) is 19.8 Å². The Morgan fingerprint density at radius 1 is 1.50 bits per heavy atom. The molecule has 2 unspecified atom stereocenters. The first-order valence-corrected chi connectivity index (χ1v) is 4.29. The molecule has 0 radical (unpaired) electrons. The lowest BCUT2D eigenvalue weighted by atomic mass is 10.0. The van der Waals surface area contributed by atoms with Crippen molar-refractivity contribution in [2.45, 2.75) is 32.0 Å². The molecule has 1 amide bonds. The van der Waals surface area contributed by atoms with Crippen molar-refractivity contribution in [3.05, 3.63) is 0 Å². The molecule has 0 aromatic heterocycles. The van der Waals surface area contributed by atoms with Crippen LogP contribution in [0.15, 0.2) is 0 Å². The Morgan fingerprint density at radius 2 is 2.17 bits per heavy atom. The van der Waals surface area contributed by atoms with Crippen molar-refractivity contribution in [1.82, 2.24) is 4.90 Å². The van der Waals surface area contributed by atoms with E-state index in [1.165, 1.54) is 0 Å². The number of hydrogen-bond acceptors (Lipinski definition) is 3. The third-order valence-corrected chi connectivity index (χ3v) is 2.08. The van der Waals surface area contributed by atoms with Crippen LogP contribution in [-0.2, 0) is 4.79 Å². The molecule has 0 aromatic rings. The van der Waals surface area contributed by atoms with Crippen molar-refractivity contribution in [1.29, 1.82) is 0 Å². The molecule has 0 spiro atoms. The summed E-state index contributed by atoms with van der Waals surface area (Å²) in [5.41, 5.74) is 0. The highest BCUT2D eigenvalue weighted by Gasteiger charge is 2.30. The van der Waals surface area contributed by atoms with E-state index in [4.69, 9.17) is 5.11 Å². The fourth-order valence-corrected chi connectivity index (χ4v) is 1.38. The molecule has 0 bridgehead atoms. The Bertz CT molecular complexity index is 172. The maximum atomic E-state index is 11.2. The molecule has 4 heteroatoms. The van der Waals surface area contributed by atoms with E-state index < -0.39 is 12.2 Å². The van der Waals surface area contributed by atoms with E-state index in [9.17, 15) is 9.90 Å². The molecule has 0 aliphatic carbocycles. The number of rotatable bonds is 2. The average Bonchev–Trinajstić information content (AvgIpc) is 2.01. The highest BCUT2D eigenvalue weighted by molar-refractivity contribution is 5.77. The summed E-state index contributed by atoms with van der Waals surface area (Å²) >= 11 is 0. The molecule has 1 aliphatic heterocycles. The molecule has 0 saturated carbocycles. The van der Waals surface area contributed by atoms with Crippen molar-refractivity contribution in [3.63, 3.8) is 0 Å². The van der Waals surface area contributed by atoms with Crippen LogP contribution in [0.5, 0.6) is 0 Å². The van der Waals surface area contributed by atoms with E-state index in [-0.39, 0.29) is 18.9 Å². The van der Waals surface area contributed by atoms with Gasteiger partial charge in [0.1, 0.15) is 0 Å². The lowest BCUT2D eigenvalue weighted by Crippen LogP contribution is -2.49. The van der Waals surface area contributed by atoms with Gasteiger partial charge in [-0.2, -0.15) is 0 Å². The molecule has 1 heterocycles. The summed E-state index contributed by atoms with van der Waals surface area (Å²) in [5, 5.41) is 18.4. The van der Waals surface area contributed by atoms with E-state index in [0.717, 1.165) is 6.42 Å². The second kappa shape index (κ2) is 3.87. The van der Waals surface area contributed by atoms with Gasteiger partial charge in [0.25, 0.3) is 0 Å². The third-order valence-electron chi connectivity index (χ3n) is 2.08. The minimum atomic E-state index is -0.870. The summed E-state index contributed by atoms with van der Waals surface area (Å²) in [6.07, 6.45) is -0.699. The Balaban J connectivity index is 2.49. The molecule has 2 N–H and O–H groups in total. The number of likely N-dealkylation sites (tertiary alicyclic amines) is 1. The van der Waals surface area contributed by atoms with Crippen LogP contribution in [0.25, 0.3) is 0 Å². The van der Waals surface area contributed by atoms with Gasteiger partial charge in [0.15, 0.2) is 0 Å². The zero-order valence-electron chi connectivity index (χ0n) is 7.23. The summed E-state index contributed by atoms with van der Waals surface area (Å²) in [6.45, 7) is 2.92. The van der Waals surface area contributed by atoms with Crippen molar-refractivity contribution in [2.24, 2.45) is 0 Å². The Hall–Kier alpha value is -0.610. The van der Waals surface area contributed by atoms with Crippen LogP contribution in [0.3, 0.4) is 0 Å². The normalized spacial score (nSPS) is 30.9. The van der Waals surface area contributed by atoms with E-state index in [1.54, 1.807) is 4.90 Å². The number of carbonyl (C=O) groups is 1. The van der Waals surface area contributed by atoms with Gasteiger partial charge < -0.3 is 15.1 Å². The molecular formula is C8H15NO3. The zero-order chi connectivity index (χ0) is 9.14. The summed E-state index contributed by atoms with van der Waals surface area (Å²) in [5.74, 6) is -0.0605. The fourth-order valence-electron chi connectivity index (χ4n) is 1.38. The van der Waals surface area contributed by atoms with Crippen LogP contribution >= 0.6 is 0 Å². The number of nitrogens with zero attached hydrogens (tertiary/aromatic N) is 1. The predicted octanol–water partition coefficient (Wildman–Crippen LogP) is -0.650. The first-order chi connectivity index (χ1) is 5.65. The third kappa shape index (κ3) is 1.95. The van der Waals surface area contributed by atoms with Crippen molar-refractivity contribution in [3.8, 4) is 0 Å². The van der Waals surface area contributed by atoms with Gasteiger partial charge in [-0.3, -0.25) is 4.79 Å². The van der Waals surface area contributed by atoms with Gasteiger partial charge in [-0.1, -0.05) is 6.92 Å². The van der Waals surface area contributed by atoms with Gasteiger partial charge in [0.2, 0.25) is 5.91 Å². The molecule has 12 heavy (non-hydrogen) atoms. The molecular weight excluding hydrogens is 158 g/mol. The number of carbonyl (C=O) groups excluding carboxylic acids is 1. The zero-order valence-corrected chi connectivity index (χ0v) is 7.23. The number of aliphatic hydroxyl groups excluding tert-OH is 2. The SMILES string of the molecule is CCCN1CC(O)C(O)CC1=O. The van der Waals surface area contributed by atoms with Crippen LogP contribution in [-0.4, -0.2) is 46.3 Å². The lowest BCUT2D eigenvalue weighted by Gasteiger charge is -2.32. The standard InChI is InChI=1S/C8H15NO3/c1-2-3-9-5-7(11)6(10)4-8(9)12/h6-7,10-11H,2-5H2,1H3. The topological polar surface area (TPSA) is 60.8 Å². The maximum Gasteiger partial charge on any atom is 0.225 e. The first kappa shape index (κ1) is 9.48. The summed E-state index contributed by atoms with van der Waals surface area (Å²) in [7, 11) is 0. The first-order valence-electron chi connectivity index (χ1n) is 4.29. The lowest BCUT2D eigenvalue weighted by molar-refractivity contribution is -0.144. The maximum absolute atomic E-state index is 11.2. The van der Waals surface area contributed by atoms with Gasteiger partial charge in [0, 0.05) is 13.1 Å². The Labute approximate surface area is 71.8 Å². The van der Waals surface area contributed by atoms with Crippen molar-refractivity contribution in [2.75, 3.05) is 13.1 Å². The molecule has 1 aliphatic rings. The van der Waals surface area contributed by atoms with Crippen LogP contribution < -0.4 is 0 Å². The van der Waals surface area contributed by atoms with Crippen LogP contribution in [0.4, 0.5) is 0 Å². The van der Waals surface area contributed by atoms with Gasteiger partial charge in [0.05, 0.1) is 18.6 Å². The number of β-amino-alcohol motifs (C(OH)–C–C–N with tert-alkyl or cyclic N) is 1. The van der Waals surface area contributed by atoms with Gasteiger partial charge >= 0.3 is 0 Å². The number of piperidine rings is 1. The summed E-state index contributed by atoms with van der Waals surface area (Å²) in [6, 6.07) is 0. The van der Waals surface area contributed by atoms with Gasteiger partial charge in [-0.05, 0) is 6.42 Å². The van der Waals surface area contributed by atoms with Crippen molar-refractivity contribution < 1.29 is 15.0 Å². The van der Waals surface area contributed by atoms with Crippen LogP contribution in [0, 0.1) is 0 Å². The molecule has 4 nitrogen and oxygen atoms in total. The molecule has 0 aromatic carbocycles. The highest BCUT2D eigenvalue weighted by Crippen LogP contribution is 2.12. The van der Waals surface area contributed by atoms with Gasteiger partial charge in [-0.25, -0.2) is 0 Å². The number of aliphatic hydroxyl groups is 2. The molecule has 1 rings (SSSR count). The summed E-state index contributed by atoms with van der Waals surface area (Å²) < 4.78 is 0. The molecule has 2 atom stereocenters. The molecule has 70 valence electrons. The van der Waals surface area contributed by atoms with E-state index in [2.05, 4.69) is 0 Å². The Kier molecular flexibility index (Phi) is 3.05. The van der Waals surface area contributed by atoms with E-state index in [0.29, 0.717) is 6.54 Å². The average molecular weight is 173 g/mol. The van der Waals surface area contributed by atoms with Crippen LogP contribution in [0.2, 0.25) is 0 Å². The quantitative estimate of drug-likeness (QED) is 0.583. The minimum Gasteiger partial charge on any atom is -0.390 e. The summed E-state index contributed by atoms with van der Waals surface area (Å²) in [4.78, 5) is 12.8. The second-order valence-electron chi connectivity index (χ2n) is 3.18. The minimum absolute atomic E-state index is 0.0567. The van der Waals surface area contributed by atoms with Crippen molar-refractivity contribution >= 4 is 5.91 Å². The van der Waals surface area contributed by atoms with E-state index in [1.807, 2.05) is 6.92 Å². The second-order valence-corrected chi connectivity index (χ2v) is 3.18. The number of amides is 1. The highest BCUT2D eigenvalue weighted by atomic mass is 16.3. The number of hydrogen-bond donors (Lipinski definition) is 2. The Morgan fingerprint density at radius 3 is 2.75 bits per heavy atom.